The Hall–Kier alpha value is -5.03. The molecule has 0 bridgehead atoms. The number of fused-ring (bicyclic) bond motifs is 1. The van der Waals surface area contributed by atoms with Crippen molar-refractivity contribution in [1.29, 1.82) is 0 Å². The molecule has 0 spiro atoms. The van der Waals surface area contributed by atoms with Gasteiger partial charge in [0.1, 0.15) is 6.61 Å². The number of benzene rings is 4. The van der Waals surface area contributed by atoms with Crippen LogP contribution in [-0.2, 0) is 16.1 Å². The Kier molecular flexibility index (Phi) is 10.6. The minimum atomic E-state index is -0.882. The molecule has 0 amide bonds. The molecule has 5 aromatic rings. The Labute approximate surface area is 302 Å². The first kappa shape index (κ1) is 34.8. The smallest absolute Gasteiger partial charge is 0.338 e. The zero-order valence-corrected chi connectivity index (χ0v) is 29.9. The van der Waals surface area contributed by atoms with E-state index in [1.165, 1.54) is 23.0 Å². The van der Waals surface area contributed by atoms with Gasteiger partial charge in [-0.1, -0.05) is 83.1 Å². The third kappa shape index (κ3) is 7.00. The van der Waals surface area contributed by atoms with Crippen LogP contribution in [-0.4, -0.2) is 38.5 Å². The number of thiazole rings is 1. The maximum absolute atomic E-state index is 14.4. The monoisotopic (exact) mass is 730 g/mol. The number of ether oxygens (including phenoxy) is 5. The van der Waals surface area contributed by atoms with Crippen molar-refractivity contribution in [1.82, 2.24) is 4.57 Å². The lowest BCUT2D eigenvalue weighted by atomic mass is 9.93. The van der Waals surface area contributed by atoms with Gasteiger partial charge in [-0.25, -0.2) is 9.79 Å². The molecule has 0 unspecified atom stereocenters. The maximum Gasteiger partial charge on any atom is 0.338 e. The third-order valence-corrected chi connectivity index (χ3v) is 9.55. The number of halogens is 2. The van der Waals surface area contributed by atoms with Crippen molar-refractivity contribution in [3.8, 4) is 23.0 Å². The molecule has 1 aliphatic heterocycles. The predicted octanol–water partition coefficient (Wildman–Crippen LogP) is 6.85. The van der Waals surface area contributed by atoms with Gasteiger partial charge in [0.25, 0.3) is 5.56 Å². The summed E-state index contributed by atoms with van der Waals surface area (Å²) in [6, 6.07) is 24.4. The summed E-state index contributed by atoms with van der Waals surface area (Å²) in [5.41, 5.74) is 3.10. The molecule has 0 fully saturated rings. The topological polar surface area (TPSA) is 97.6 Å². The van der Waals surface area contributed by atoms with Crippen LogP contribution in [0.15, 0.2) is 100 Å². The lowest BCUT2D eigenvalue weighted by Crippen LogP contribution is -2.40. The van der Waals surface area contributed by atoms with E-state index in [9.17, 15) is 9.59 Å². The van der Waals surface area contributed by atoms with Crippen LogP contribution in [0.1, 0.15) is 35.2 Å². The molecule has 6 rings (SSSR count). The first-order valence-electron chi connectivity index (χ1n) is 15.5. The molecule has 1 aromatic heterocycles. The van der Waals surface area contributed by atoms with E-state index in [0.29, 0.717) is 64.8 Å². The van der Waals surface area contributed by atoms with Crippen molar-refractivity contribution in [3.63, 3.8) is 0 Å². The van der Waals surface area contributed by atoms with E-state index in [-0.39, 0.29) is 24.3 Å². The Bertz CT molecular complexity index is 2280. The molecule has 2 heterocycles. The molecule has 4 aromatic carbocycles. The summed E-state index contributed by atoms with van der Waals surface area (Å²) >= 11 is 13.6. The van der Waals surface area contributed by atoms with Gasteiger partial charge in [-0.15, -0.1) is 0 Å². The SMILES string of the molecule is CCOC(=O)C1=C(c2ccccc2)N=c2s/c(=C\c3ccc(OCc4ccc(Cl)cc4Cl)c(OC)c3)c(=O)n2[C@H]1c1ccc(OC)c(OC)c1. The number of methoxy groups -OCH3 is 3. The Balaban J connectivity index is 1.48. The molecule has 1 aliphatic rings. The summed E-state index contributed by atoms with van der Waals surface area (Å²) in [5, 5.41) is 1.03. The van der Waals surface area contributed by atoms with Gasteiger partial charge in [0.05, 0.1) is 49.8 Å². The number of nitrogens with zero attached hydrogens (tertiary/aromatic N) is 2. The van der Waals surface area contributed by atoms with Crippen LogP contribution in [0.4, 0.5) is 0 Å². The van der Waals surface area contributed by atoms with Crippen molar-refractivity contribution in [2.75, 3.05) is 27.9 Å². The number of aromatic nitrogens is 1. The largest absolute Gasteiger partial charge is 0.493 e. The van der Waals surface area contributed by atoms with Crippen molar-refractivity contribution < 1.29 is 28.5 Å². The quantitative estimate of drug-likeness (QED) is 0.137. The number of hydrogen-bond donors (Lipinski definition) is 0. The summed E-state index contributed by atoms with van der Waals surface area (Å²) in [4.78, 5) is 33.5. The van der Waals surface area contributed by atoms with Gasteiger partial charge in [-0.2, -0.15) is 0 Å². The molecule has 9 nitrogen and oxygen atoms in total. The molecule has 1 atom stereocenters. The van der Waals surface area contributed by atoms with E-state index < -0.39 is 12.0 Å². The van der Waals surface area contributed by atoms with Crippen LogP contribution >= 0.6 is 34.5 Å². The number of esters is 1. The normalized spacial score (nSPS) is 14.1. The highest BCUT2D eigenvalue weighted by Crippen LogP contribution is 2.38. The Morgan fingerprint density at radius 2 is 1.60 bits per heavy atom. The minimum Gasteiger partial charge on any atom is -0.493 e. The highest BCUT2D eigenvalue weighted by Gasteiger charge is 2.35. The number of hydrogen-bond acceptors (Lipinski definition) is 9. The fraction of sp³-hybridized carbons (Fsp3) is 0.184. The van der Waals surface area contributed by atoms with Gasteiger partial charge >= 0.3 is 5.97 Å². The van der Waals surface area contributed by atoms with Gasteiger partial charge in [0, 0.05) is 21.2 Å². The Morgan fingerprint density at radius 1 is 0.880 bits per heavy atom. The fourth-order valence-corrected chi connectivity index (χ4v) is 7.08. The summed E-state index contributed by atoms with van der Waals surface area (Å²) < 4.78 is 30.2. The van der Waals surface area contributed by atoms with E-state index in [4.69, 9.17) is 51.9 Å². The molecule has 0 aliphatic carbocycles. The number of carbonyl (C=O) groups is 1. The molecule has 0 N–H and O–H groups in total. The number of carbonyl (C=O) groups excluding carboxylic acids is 1. The molecule has 0 saturated carbocycles. The van der Waals surface area contributed by atoms with Crippen LogP contribution in [0.5, 0.6) is 23.0 Å². The predicted molar refractivity (Wildman–Crippen MR) is 194 cm³/mol. The second-order valence-corrected chi connectivity index (χ2v) is 12.8. The van der Waals surface area contributed by atoms with Gasteiger partial charge in [-0.05, 0) is 60.5 Å². The summed E-state index contributed by atoms with van der Waals surface area (Å²) in [7, 11) is 4.61. The molecular formula is C38H32Cl2N2O7S. The second kappa shape index (κ2) is 15.2. The van der Waals surface area contributed by atoms with E-state index >= 15 is 0 Å². The molecule has 256 valence electrons. The summed E-state index contributed by atoms with van der Waals surface area (Å²) in [5.74, 6) is 1.34. The third-order valence-electron chi connectivity index (χ3n) is 7.98. The second-order valence-electron chi connectivity index (χ2n) is 11.0. The van der Waals surface area contributed by atoms with Crippen molar-refractivity contribution >= 4 is 52.3 Å². The summed E-state index contributed by atoms with van der Waals surface area (Å²) in [6.07, 6.45) is 1.76. The van der Waals surface area contributed by atoms with E-state index in [1.54, 1.807) is 75.8 Å². The van der Waals surface area contributed by atoms with Crippen LogP contribution in [0.25, 0.3) is 11.8 Å². The molecule has 0 radical (unpaired) electrons. The highest BCUT2D eigenvalue weighted by atomic mass is 35.5. The van der Waals surface area contributed by atoms with Crippen molar-refractivity contribution in [2.45, 2.75) is 19.6 Å². The van der Waals surface area contributed by atoms with E-state index in [2.05, 4.69) is 0 Å². The van der Waals surface area contributed by atoms with Gasteiger partial charge in [-0.3, -0.25) is 9.36 Å². The van der Waals surface area contributed by atoms with Gasteiger partial charge < -0.3 is 23.7 Å². The summed E-state index contributed by atoms with van der Waals surface area (Å²) in [6.45, 7) is 2.08. The lowest BCUT2D eigenvalue weighted by Gasteiger charge is -2.26. The molecular weight excluding hydrogens is 699 g/mol. The van der Waals surface area contributed by atoms with Crippen LogP contribution in [0.3, 0.4) is 0 Å². The molecule has 0 saturated heterocycles. The highest BCUT2D eigenvalue weighted by molar-refractivity contribution is 7.07. The fourth-order valence-electron chi connectivity index (χ4n) is 5.62. The van der Waals surface area contributed by atoms with Crippen LogP contribution in [0.2, 0.25) is 10.0 Å². The van der Waals surface area contributed by atoms with Gasteiger partial charge in [0.15, 0.2) is 27.8 Å². The average Bonchev–Trinajstić information content (AvgIpc) is 3.44. The molecule has 50 heavy (non-hydrogen) atoms. The molecule has 12 heteroatoms. The first-order chi connectivity index (χ1) is 24.3. The first-order valence-corrected chi connectivity index (χ1v) is 17.1. The van der Waals surface area contributed by atoms with Crippen molar-refractivity contribution in [3.05, 3.63) is 142 Å². The van der Waals surface area contributed by atoms with E-state index in [0.717, 1.165) is 5.56 Å². The number of rotatable bonds is 11. The van der Waals surface area contributed by atoms with E-state index in [1.807, 2.05) is 36.4 Å². The Morgan fingerprint density at radius 3 is 2.30 bits per heavy atom. The van der Waals surface area contributed by atoms with Gasteiger partial charge in [0.2, 0.25) is 0 Å². The zero-order chi connectivity index (χ0) is 35.4. The maximum atomic E-state index is 14.4. The van der Waals surface area contributed by atoms with Crippen molar-refractivity contribution in [2.24, 2.45) is 4.99 Å². The van der Waals surface area contributed by atoms with Crippen LogP contribution < -0.4 is 33.8 Å². The standard InChI is InChI=1S/C38H32Cl2N2O7S/c1-5-48-37(44)33-34(23-9-7-6-8-10-23)41-38-42(35(33)24-13-16-28(45-2)31(19-24)47-4)36(43)32(50-38)18-22-11-15-29(30(17-22)46-3)49-21-25-12-14-26(39)20-27(25)40/h6-20,35H,5,21H2,1-4H3/b32-18-/t35-/m0/s1. The lowest BCUT2D eigenvalue weighted by molar-refractivity contribution is -0.138. The average molecular weight is 732 g/mol. The van der Waals surface area contributed by atoms with Crippen LogP contribution in [0, 0.1) is 0 Å². The minimum absolute atomic E-state index is 0.141. The zero-order valence-electron chi connectivity index (χ0n) is 27.6.